The monoisotopic (exact) mass is 437 g/mol. The molecule has 2 aromatic carbocycles. The quantitative estimate of drug-likeness (QED) is 0.518. The molecule has 0 bridgehead atoms. The average molecular weight is 438 g/mol. The van der Waals surface area contributed by atoms with Gasteiger partial charge in [0.05, 0.1) is 24.8 Å². The molecule has 162 valence electrons. The van der Waals surface area contributed by atoms with Crippen molar-refractivity contribution in [3.8, 4) is 17.0 Å². The third-order valence-electron chi connectivity index (χ3n) is 4.77. The number of carbonyl (C=O) groups is 2. The maximum absolute atomic E-state index is 12.8. The fourth-order valence-electron chi connectivity index (χ4n) is 3.45. The van der Waals surface area contributed by atoms with Crippen LogP contribution in [0.2, 0.25) is 0 Å². The summed E-state index contributed by atoms with van der Waals surface area (Å²) in [6.45, 7) is 7.93. The fourth-order valence-corrected chi connectivity index (χ4v) is 4.18. The molecule has 0 aliphatic carbocycles. The molecule has 0 fully saturated rings. The van der Waals surface area contributed by atoms with Crippen molar-refractivity contribution in [1.29, 1.82) is 0 Å². The molecule has 3 rings (SSSR count). The second-order valence-corrected chi connectivity index (χ2v) is 8.19. The van der Waals surface area contributed by atoms with Crippen LogP contribution >= 0.6 is 11.3 Å². The Hall–Kier alpha value is -3.19. The first-order valence-electron chi connectivity index (χ1n) is 10.2. The van der Waals surface area contributed by atoms with Crippen molar-refractivity contribution < 1.29 is 14.3 Å². The number of thiazole rings is 1. The highest BCUT2D eigenvalue weighted by Gasteiger charge is 2.21. The highest BCUT2D eigenvalue weighted by Crippen LogP contribution is 2.30. The first-order valence-corrected chi connectivity index (χ1v) is 11.1. The number of anilines is 1. The van der Waals surface area contributed by atoms with Gasteiger partial charge in [-0.15, -0.1) is 11.3 Å². The molecule has 1 heterocycles. The van der Waals surface area contributed by atoms with E-state index in [1.807, 2.05) is 55.6 Å². The van der Waals surface area contributed by atoms with E-state index in [1.54, 1.807) is 0 Å². The van der Waals surface area contributed by atoms with Crippen LogP contribution in [0, 0.1) is 13.8 Å². The Bertz CT molecular complexity index is 1080. The van der Waals surface area contributed by atoms with Gasteiger partial charge in [-0.2, -0.15) is 0 Å². The molecule has 1 aromatic heterocycles. The number of hydrogen-bond acceptors (Lipinski definition) is 5. The molecule has 0 saturated heterocycles. The number of nitrogens with zero attached hydrogens (tertiary/aromatic N) is 1. The van der Waals surface area contributed by atoms with Crippen LogP contribution in [0.15, 0.2) is 47.8 Å². The van der Waals surface area contributed by atoms with Crippen LogP contribution in [0.4, 0.5) is 5.13 Å². The van der Waals surface area contributed by atoms with Crippen LogP contribution in [-0.4, -0.2) is 23.4 Å². The van der Waals surface area contributed by atoms with E-state index in [0.717, 1.165) is 22.4 Å². The van der Waals surface area contributed by atoms with Crippen molar-refractivity contribution in [1.82, 2.24) is 10.3 Å². The number of aromatic nitrogens is 1. The molecule has 7 heteroatoms. The summed E-state index contributed by atoms with van der Waals surface area (Å²) in [7, 11) is 0. The summed E-state index contributed by atoms with van der Waals surface area (Å²) in [6, 6.07) is 13.1. The maximum Gasteiger partial charge on any atom is 0.228 e. The molecule has 1 unspecified atom stereocenters. The van der Waals surface area contributed by atoms with E-state index in [1.165, 1.54) is 23.8 Å². The third kappa shape index (κ3) is 5.92. The SMILES string of the molecule is CCOc1ccccc1C(CC(=O)Nc1nc(-c2ccc(C)cc2C)cs1)NC(C)=O. The Balaban J connectivity index is 1.75. The van der Waals surface area contributed by atoms with Crippen LogP contribution in [0.25, 0.3) is 11.3 Å². The Morgan fingerprint density at radius 1 is 1.16 bits per heavy atom. The number of benzene rings is 2. The van der Waals surface area contributed by atoms with Crippen LogP contribution in [0.1, 0.15) is 43.0 Å². The molecule has 1 atom stereocenters. The first-order chi connectivity index (χ1) is 14.9. The van der Waals surface area contributed by atoms with Gasteiger partial charge < -0.3 is 15.4 Å². The predicted octanol–water partition coefficient (Wildman–Crippen LogP) is 5.03. The molecule has 0 spiro atoms. The van der Waals surface area contributed by atoms with Crippen molar-refractivity contribution in [3.63, 3.8) is 0 Å². The number of amides is 2. The number of aryl methyl sites for hydroxylation is 2. The van der Waals surface area contributed by atoms with Gasteiger partial charge in [0, 0.05) is 23.4 Å². The third-order valence-corrected chi connectivity index (χ3v) is 5.53. The van der Waals surface area contributed by atoms with Crippen molar-refractivity contribution >= 4 is 28.3 Å². The van der Waals surface area contributed by atoms with E-state index in [4.69, 9.17) is 4.74 Å². The highest BCUT2D eigenvalue weighted by atomic mass is 32.1. The zero-order chi connectivity index (χ0) is 22.4. The first kappa shape index (κ1) is 22.5. The van der Waals surface area contributed by atoms with Crippen LogP contribution in [0.5, 0.6) is 5.75 Å². The highest BCUT2D eigenvalue weighted by molar-refractivity contribution is 7.14. The van der Waals surface area contributed by atoms with Gasteiger partial charge in [0.25, 0.3) is 0 Å². The van der Waals surface area contributed by atoms with E-state index in [2.05, 4.69) is 28.6 Å². The molecule has 2 N–H and O–H groups in total. The minimum Gasteiger partial charge on any atom is -0.494 e. The van der Waals surface area contributed by atoms with Crippen LogP contribution in [-0.2, 0) is 9.59 Å². The lowest BCUT2D eigenvalue weighted by atomic mass is 10.0. The number of ether oxygens (including phenoxy) is 1. The van der Waals surface area contributed by atoms with E-state index in [0.29, 0.717) is 17.5 Å². The molecular weight excluding hydrogens is 410 g/mol. The number of nitrogens with one attached hydrogen (secondary N) is 2. The van der Waals surface area contributed by atoms with Gasteiger partial charge in [-0.25, -0.2) is 4.98 Å². The summed E-state index contributed by atoms with van der Waals surface area (Å²) in [4.78, 5) is 29.1. The standard InChI is InChI=1S/C24H27N3O3S/c1-5-30-22-9-7-6-8-19(22)20(25-17(4)28)13-23(29)27-24-26-21(14-31-24)18-11-10-15(2)12-16(18)3/h6-12,14,20H,5,13H2,1-4H3,(H,25,28)(H,26,27,29). The Morgan fingerprint density at radius 2 is 1.94 bits per heavy atom. The number of para-hydroxylation sites is 1. The summed E-state index contributed by atoms with van der Waals surface area (Å²) in [6.07, 6.45) is 0.0716. The van der Waals surface area contributed by atoms with Crippen LogP contribution in [0.3, 0.4) is 0 Å². The molecule has 0 aliphatic heterocycles. The zero-order valence-electron chi connectivity index (χ0n) is 18.2. The Morgan fingerprint density at radius 3 is 2.65 bits per heavy atom. The van der Waals surface area contributed by atoms with Gasteiger partial charge in [0.1, 0.15) is 5.75 Å². The molecule has 0 aliphatic rings. The lowest BCUT2D eigenvalue weighted by molar-refractivity contribution is -0.120. The molecule has 0 radical (unpaired) electrons. The topological polar surface area (TPSA) is 80.3 Å². The number of rotatable bonds is 8. The lowest BCUT2D eigenvalue weighted by Gasteiger charge is -2.20. The lowest BCUT2D eigenvalue weighted by Crippen LogP contribution is -2.30. The van der Waals surface area contributed by atoms with Crippen molar-refractivity contribution in [2.75, 3.05) is 11.9 Å². The molecule has 0 saturated carbocycles. The average Bonchev–Trinajstić information content (AvgIpc) is 3.15. The summed E-state index contributed by atoms with van der Waals surface area (Å²) >= 11 is 1.38. The predicted molar refractivity (Wildman–Crippen MR) is 124 cm³/mol. The minimum absolute atomic E-state index is 0.0716. The zero-order valence-corrected chi connectivity index (χ0v) is 19.0. The Kier molecular flexibility index (Phi) is 7.41. The molecule has 31 heavy (non-hydrogen) atoms. The Labute approximate surface area is 186 Å². The van der Waals surface area contributed by atoms with Gasteiger partial charge >= 0.3 is 0 Å². The normalized spacial score (nSPS) is 11.6. The minimum atomic E-state index is -0.501. The fraction of sp³-hybridized carbons (Fsp3) is 0.292. The van der Waals surface area contributed by atoms with Crippen molar-refractivity contribution in [2.45, 2.75) is 40.2 Å². The molecule has 3 aromatic rings. The van der Waals surface area contributed by atoms with E-state index >= 15 is 0 Å². The van der Waals surface area contributed by atoms with E-state index in [9.17, 15) is 9.59 Å². The molecule has 6 nitrogen and oxygen atoms in total. The summed E-state index contributed by atoms with van der Waals surface area (Å²) in [5.74, 6) is 0.213. The van der Waals surface area contributed by atoms with Gasteiger partial charge in [-0.3, -0.25) is 9.59 Å². The van der Waals surface area contributed by atoms with Gasteiger partial charge in [0.2, 0.25) is 11.8 Å². The smallest absolute Gasteiger partial charge is 0.228 e. The van der Waals surface area contributed by atoms with Crippen molar-refractivity contribution in [3.05, 3.63) is 64.5 Å². The molecule has 2 amide bonds. The van der Waals surface area contributed by atoms with Crippen LogP contribution < -0.4 is 15.4 Å². The number of hydrogen-bond donors (Lipinski definition) is 2. The molecular formula is C24H27N3O3S. The van der Waals surface area contributed by atoms with Gasteiger partial charge in [-0.1, -0.05) is 42.0 Å². The van der Waals surface area contributed by atoms with Gasteiger partial charge in [0.15, 0.2) is 5.13 Å². The maximum atomic E-state index is 12.8. The van der Waals surface area contributed by atoms with Crippen molar-refractivity contribution in [2.24, 2.45) is 0 Å². The van der Waals surface area contributed by atoms with E-state index in [-0.39, 0.29) is 18.2 Å². The van der Waals surface area contributed by atoms with Gasteiger partial charge in [-0.05, 0) is 32.4 Å². The summed E-state index contributed by atoms with van der Waals surface area (Å²) < 4.78 is 5.68. The number of carbonyl (C=O) groups excluding carboxylic acids is 2. The van der Waals surface area contributed by atoms with E-state index < -0.39 is 6.04 Å². The summed E-state index contributed by atoms with van der Waals surface area (Å²) in [5, 5.41) is 8.18. The largest absolute Gasteiger partial charge is 0.494 e. The second-order valence-electron chi connectivity index (χ2n) is 7.33. The second kappa shape index (κ2) is 10.2. The summed E-state index contributed by atoms with van der Waals surface area (Å²) in [5.41, 5.74) is 4.98.